The first kappa shape index (κ1) is 13.5. The summed E-state index contributed by atoms with van der Waals surface area (Å²) >= 11 is 2.35. The van der Waals surface area contributed by atoms with Gasteiger partial charge in [0.1, 0.15) is 19.0 Å². The molecule has 0 radical (unpaired) electrons. The molecule has 1 aromatic carbocycles. The number of aryl methyl sites for hydroxylation is 2. The molecule has 0 saturated heterocycles. The first-order chi connectivity index (χ1) is 9.63. The highest BCUT2D eigenvalue weighted by Crippen LogP contribution is 2.31. The molecule has 2 heterocycles. The van der Waals surface area contributed by atoms with Gasteiger partial charge in [-0.15, -0.1) is 0 Å². The standard InChI is InChI=1S/C15H15IN2O2/c1-9-8-12(10(2)7-11(9)16)17-14-4-3-13-15(18-14)20-6-5-19-13/h3-4,7-8H,5-6H2,1-2H3,(H,17,18). The molecule has 0 atom stereocenters. The summed E-state index contributed by atoms with van der Waals surface area (Å²) in [6, 6.07) is 8.09. The summed E-state index contributed by atoms with van der Waals surface area (Å²) in [6.45, 7) is 5.31. The predicted molar refractivity (Wildman–Crippen MR) is 87.1 cm³/mol. The van der Waals surface area contributed by atoms with Crippen LogP contribution in [0.2, 0.25) is 0 Å². The van der Waals surface area contributed by atoms with Gasteiger partial charge in [0.05, 0.1) is 0 Å². The van der Waals surface area contributed by atoms with Crippen LogP contribution in [0.3, 0.4) is 0 Å². The highest BCUT2D eigenvalue weighted by molar-refractivity contribution is 14.1. The van der Waals surface area contributed by atoms with Gasteiger partial charge in [-0.1, -0.05) is 0 Å². The fourth-order valence-corrected chi connectivity index (χ4v) is 2.68. The summed E-state index contributed by atoms with van der Waals surface area (Å²) in [7, 11) is 0. The molecule has 4 nitrogen and oxygen atoms in total. The second kappa shape index (κ2) is 5.47. The maximum Gasteiger partial charge on any atom is 0.259 e. The molecule has 1 aliphatic heterocycles. The predicted octanol–water partition coefficient (Wildman–Crippen LogP) is 3.82. The number of hydrogen-bond donors (Lipinski definition) is 1. The van der Waals surface area contributed by atoms with Crippen LogP contribution >= 0.6 is 22.6 Å². The van der Waals surface area contributed by atoms with Crippen molar-refractivity contribution in [2.75, 3.05) is 18.5 Å². The zero-order valence-corrected chi connectivity index (χ0v) is 13.5. The first-order valence-electron chi connectivity index (χ1n) is 6.44. The lowest BCUT2D eigenvalue weighted by molar-refractivity contribution is 0.164. The van der Waals surface area contributed by atoms with Crippen molar-refractivity contribution in [2.24, 2.45) is 0 Å². The number of halogens is 1. The highest BCUT2D eigenvalue weighted by atomic mass is 127. The van der Waals surface area contributed by atoms with Gasteiger partial charge < -0.3 is 14.8 Å². The molecule has 20 heavy (non-hydrogen) atoms. The maximum atomic E-state index is 5.50. The second-order valence-corrected chi connectivity index (χ2v) is 5.90. The average molecular weight is 382 g/mol. The number of nitrogens with zero attached hydrogens (tertiary/aromatic N) is 1. The third-order valence-corrected chi connectivity index (χ3v) is 4.34. The minimum atomic E-state index is 0.547. The summed E-state index contributed by atoms with van der Waals surface area (Å²) in [5, 5.41) is 3.34. The Kier molecular flexibility index (Phi) is 3.69. The number of ether oxygens (including phenoxy) is 2. The van der Waals surface area contributed by atoms with Gasteiger partial charge in [-0.05, 0) is 71.8 Å². The van der Waals surface area contributed by atoms with Crippen molar-refractivity contribution >= 4 is 34.1 Å². The number of anilines is 2. The van der Waals surface area contributed by atoms with E-state index >= 15 is 0 Å². The molecule has 1 aliphatic rings. The minimum Gasteiger partial charge on any atom is -0.484 e. The molecule has 1 N–H and O–H groups in total. The van der Waals surface area contributed by atoms with Crippen LogP contribution in [-0.4, -0.2) is 18.2 Å². The van der Waals surface area contributed by atoms with Gasteiger partial charge in [0.25, 0.3) is 5.88 Å². The molecule has 3 rings (SSSR count). The number of benzene rings is 1. The lowest BCUT2D eigenvalue weighted by Gasteiger charge is -2.18. The molecule has 104 valence electrons. The van der Waals surface area contributed by atoms with E-state index in [1.54, 1.807) is 0 Å². The monoisotopic (exact) mass is 382 g/mol. The van der Waals surface area contributed by atoms with Crippen LogP contribution in [-0.2, 0) is 0 Å². The van der Waals surface area contributed by atoms with Crippen LogP contribution in [0.1, 0.15) is 11.1 Å². The van der Waals surface area contributed by atoms with Crippen LogP contribution < -0.4 is 14.8 Å². The first-order valence-corrected chi connectivity index (χ1v) is 7.52. The van der Waals surface area contributed by atoms with Gasteiger partial charge in [-0.3, -0.25) is 0 Å². The van der Waals surface area contributed by atoms with Crippen LogP contribution in [0.25, 0.3) is 0 Å². The highest BCUT2D eigenvalue weighted by Gasteiger charge is 2.14. The van der Waals surface area contributed by atoms with Crippen LogP contribution in [0.4, 0.5) is 11.5 Å². The van der Waals surface area contributed by atoms with Crippen molar-refractivity contribution in [3.63, 3.8) is 0 Å². The van der Waals surface area contributed by atoms with Crippen molar-refractivity contribution in [1.29, 1.82) is 0 Å². The number of nitrogens with one attached hydrogen (secondary N) is 1. The van der Waals surface area contributed by atoms with Gasteiger partial charge in [0, 0.05) is 9.26 Å². The number of aromatic nitrogens is 1. The second-order valence-electron chi connectivity index (χ2n) is 4.74. The Morgan fingerprint density at radius 1 is 1.10 bits per heavy atom. The van der Waals surface area contributed by atoms with E-state index in [4.69, 9.17) is 9.47 Å². The van der Waals surface area contributed by atoms with E-state index < -0.39 is 0 Å². The van der Waals surface area contributed by atoms with E-state index in [2.05, 4.69) is 58.9 Å². The molecule has 0 aliphatic carbocycles. The number of rotatable bonds is 2. The molecule has 0 amide bonds. The number of fused-ring (bicyclic) bond motifs is 1. The Hall–Kier alpha value is -1.50. The van der Waals surface area contributed by atoms with Crippen LogP contribution in [0, 0.1) is 17.4 Å². The van der Waals surface area contributed by atoms with Crippen molar-refractivity contribution in [3.05, 3.63) is 39.0 Å². The van der Waals surface area contributed by atoms with Gasteiger partial charge in [0.15, 0.2) is 5.75 Å². The average Bonchev–Trinajstić information content (AvgIpc) is 2.44. The van der Waals surface area contributed by atoms with Crippen molar-refractivity contribution in [1.82, 2.24) is 4.98 Å². The van der Waals surface area contributed by atoms with Crippen molar-refractivity contribution < 1.29 is 9.47 Å². The van der Waals surface area contributed by atoms with Crippen LogP contribution in [0.5, 0.6) is 11.6 Å². The van der Waals surface area contributed by atoms with E-state index in [0.29, 0.717) is 24.8 Å². The minimum absolute atomic E-state index is 0.547. The Morgan fingerprint density at radius 2 is 1.90 bits per heavy atom. The Morgan fingerprint density at radius 3 is 2.75 bits per heavy atom. The van der Waals surface area contributed by atoms with Crippen molar-refractivity contribution in [2.45, 2.75) is 13.8 Å². The summed E-state index contributed by atoms with van der Waals surface area (Å²) in [5.41, 5.74) is 3.50. The van der Waals surface area contributed by atoms with E-state index in [0.717, 1.165) is 11.5 Å². The molecule has 1 aromatic heterocycles. The molecule has 0 saturated carbocycles. The largest absolute Gasteiger partial charge is 0.484 e. The fraction of sp³-hybridized carbons (Fsp3) is 0.267. The molecule has 5 heteroatoms. The molecule has 0 bridgehead atoms. The van der Waals surface area contributed by atoms with E-state index in [1.807, 2.05) is 12.1 Å². The zero-order chi connectivity index (χ0) is 14.1. The van der Waals surface area contributed by atoms with Crippen LogP contribution in [0.15, 0.2) is 24.3 Å². The third-order valence-electron chi connectivity index (χ3n) is 3.17. The topological polar surface area (TPSA) is 43.4 Å². The molecule has 0 spiro atoms. The Balaban J connectivity index is 1.89. The lowest BCUT2D eigenvalue weighted by atomic mass is 10.1. The Labute approximate surface area is 131 Å². The SMILES string of the molecule is Cc1cc(Nc2ccc3c(n2)OCCO3)c(C)cc1I. The zero-order valence-electron chi connectivity index (χ0n) is 11.4. The van der Waals surface area contributed by atoms with E-state index in [9.17, 15) is 0 Å². The summed E-state index contributed by atoms with van der Waals surface area (Å²) in [5.74, 6) is 2.02. The molecular formula is C15H15IN2O2. The van der Waals surface area contributed by atoms with Gasteiger partial charge in [0.2, 0.25) is 0 Å². The molecule has 2 aromatic rings. The van der Waals surface area contributed by atoms with E-state index in [1.165, 1.54) is 14.7 Å². The number of pyridine rings is 1. The lowest BCUT2D eigenvalue weighted by Crippen LogP contribution is -2.16. The normalized spacial score (nSPS) is 13.2. The third kappa shape index (κ3) is 2.67. The molecule has 0 fully saturated rings. The van der Waals surface area contributed by atoms with E-state index in [-0.39, 0.29) is 0 Å². The summed E-state index contributed by atoms with van der Waals surface area (Å²) in [4.78, 5) is 4.44. The van der Waals surface area contributed by atoms with Gasteiger partial charge in [-0.2, -0.15) is 4.98 Å². The summed E-state index contributed by atoms with van der Waals surface area (Å²) < 4.78 is 12.2. The van der Waals surface area contributed by atoms with Crippen molar-refractivity contribution in [3.8, 4) is 11.6 Å². The quantitative estimate of drug-likeness (QED) is 0.803. The maximum absolute atomic E-state index is 5.50. The number of hydrogen-bond acceptors (Lipinski definition) is 4. The van der Waals surface area contributed by atoms with Gasteiger partial charge in [-0.25, -0.2) is 0 Å². The summed E-state index contributed by atoms with van der Waals surface area (Å²) in [6.07, 6.45) is 0. The molecular weight excluding hydrogens is 367 g/mol. The molecule has 0 unspecified atom stereocenters. The fourth-order valence-electron chi connectivity index (χ4n) is 2.05. The Bertz CT molecular complexity index is 659. The smallest absolute Gasteiger partial charge is 0.259 e. The van der Waals surface area contributed by atoms with Gasteiger partial charge >= 0.3 is 0 Å².